The van der Waals surface area contributed by atoms with Crippen LogP contribution in [-0.4, -0.2) is 31.1 Å². The monoisotopic (exact) mass is 476 g/mol. The van der Waals surface area contributed by atoms with Crippen molar-refractivity contribution in [2.75, 3.05) is 19.1 Å². The Bertz CT molecular complexity index is 1170. The van der Waals surface area contributed by atoms with E-state index < -0.39 is 17.8 Å². The van der Waals surface area contributed by atoms with Crippen LogP contribution in [0.4, 0.5) is 29.3 Å². The second-order valence-corrected chi connectivity index (χ2v) is 7.76. The average molecular weight is 476 g/mol. The number of ether oxygens (including phenoxy) is 1. The molecule has 11 heteroatoms. The van der Waals surface area contributed by atoms with Crippen LogP contribution in [0.2, 0.25) is 0 Å². The van der Waals surface area contributed by atoms with Crippen molar-refractivity contribution in [3.8, 4) is 5.75 Å². The minimum Gasteiger partial charge on any atom is -0.495 e. The molecule has 7 nitrogen and oxygen atoms in total. The van der Waals surface area contributed by atoms with Crippen molar-refractivity contribution in [2.24, 2.45) is 5.73 Å². The molecular formula is C22H19F3N4O3S. The molecule has 3 N–H and O–H groups in total. The highest BCUT2D eigenvalue weighted by atomic mass is 32.2. The Morgan fingerprint density at radius 3 is 2.33 bits per heavy atom. The molecule has 33 heavy (non-hydrogen) atoms. The Kier molecular flexibility index (Phi) is 7.12. The van der Waals surface area contributed by atoms with Crippen molar-refractivity contribution in [3.05, 3.63) is 72.1 Å². The third-order valence-electron chi connectivity index (χ3n) is 4.49. The number of nitrogens with two attached hydrogens (primary N) is 1. The summed E-state index contributed by atoms with van der Waals surface area (Å²) in [7, 11) is 2.79. The summed E-state index contributed by atoms with van der Waals surface area (Å²) in [6.07, 6.45) is -3.10. The second-order valence-electron chi connectivity index (χ2n) is 6.61. The van der Waals surface area contributed by atoms with E-state index in [1.165, 1.54) is 32.1 Å². The molecule has 0 aliphatic rings. The zero-order valence-corrected chi connectivity index (χ0v) is 18.3. The number of hydrogen-bond acceptors (Lipinski definition) is 5. The van der Waals surface area contributed by atoms with Crippen LogP contribution in [0.3, 0.4) is 0 Å². The number of carbonyl (C=O) groups excluding carboxylic acids is 2. The smallest absolute Gasteiger partial charge is 0.416 e. The van der Waals surface area contributed by atoms with E-state index in [2.05, 4.69) is 10.3 Å². The molecule has 1 heterocycles. The molecule has 0 unspecified atom stereocenters. The molecule has 3 rings (SSSR count). The quantitative estimate of drug-likeness (QED) is 0.531. The number of halogens is 3. The Labute approximate surface area is 191 Å². The number of aromatic nitrogens is 1. The van der Waals surface area contributed by atoms with Gasteiger partial charge >= 0.3 is 12.2 Å². The van der Waals surface area contributed by atoms with Gasteiger partial charge in [-0.2, -0.15) is 13.2 Å². The first-order valence-electron chi connectivity index (χ1n) is 9.45. The van der Waals surface area contributed by atoms with E-state index in [9.17, 15) is 22.8 Å². The number of nitrogens with zero attached hydrogens (tertiary/aromatic N) is 2. The first-order chi connectivity index (χ1) is 15.6. The maximum absolute atomic E-state index is 13.2. The highest BCUT2D eigenvalue weighted by Crippen LogP contribution is 2.40. The molecule has 3 amide bonds. The maximum atomic E-state index is 13.2. The summed E-state index contributed by atoms with van der Waals surface area (Å²) in [5.41, 5.74) is 4.94. The Hall–Kier alpha value is -3.73. The van der Waals surface area contributed by atoms with E-state index in [1.54, 1.807) is 36.4 Å². The molecule has 0 atom stereocenters. The number of alkyl halides is 3. The van der Waals surface area contributed by atoms with Gasteiger partial charge in [-0.3, -0.25) is 14.7 Å². The summed E-state index contributed by atoms with van der Waals surface area (Å²) in [6.45, 7) is 0. The number of pyridine rings is 1. The number of benzene rings is 2. The number of nitrogens with one attached hydrogen (secondary N) is 1. The SMILES string of the molecule is CNC(=O)c1cc(Sc2ccc(N(C(N)=O)c3cc(C(F)(F)F)ccc3OC)cc2)ccn1. The molecule has 0 saturated heterocycles. The molecule has 172 valence electrons. The van der Waals surface area contributed by atoms with E-state index in [0.29, 0.717) is 0 Å². The van der Waals surface area contributed by atoms with Crippen molar-refractivity contribution in [2.45, 2.75) is 16.0 Å². The van der Waals surface area contributed by atoms with Crippen LogP contribution in [-0.2, 0) is 6.18 Å². The molecule has 0 aliphatic carbocycles. The minimum absolute atomic E-state index is 0.0544. The van der Waals surface area contributed by atoms with Crippen LogP contribution < -0.4 is 20.7 Å². The lowest BCUT2D eigenvalue weighted by atomic mass is 10.1. The zero-order chi connectivity index (χ0) is 24.2. The van der Waals surface area contributed by atoms with Gasteiger partial charge in [-0.1, -0.05) is 11.8 Å². The first kappa shape index (κ1) is 23.9. The molecule has 0 radical (unpaired) electrons. The number of carbonyl (C=O) groups is 2. The van der Waals surface area contributed by atoms with Gasteiger partial charge in [-0.05, 0) is 54.6 Å². The van der Waals surface area contributed by atoms with E-state index in [-0.39, 0.29) is 28.7 Å². The standard InChI is InChI=1S/C22H19F3N4O3S/c1-27-20(30)17-12-16(9-10-28-17)33-15-6-4-14(5-7-15)29(21(26)31)18-11-13(22(23,24)25)3-8-19(18)32-2/h3-12H,1-2H3,(H2,26,31)(H,27,30). The van der Waals surface area contributed by atoms with Gasteiger partial charge < -0.3 is 15.8 Å². The number of rotatable bonds is 6. The normalized spacial score (nSPS) is 11.1. The zero-order valence-electron chi connectivity index (χ0n) is 17.5. The van der Waals surface area contributed by atoms with Crippen LogP contribution in [0.5, 0.6) is 5.75 Å². The molecule has 3 aromatic rings. The third kappa shape index (κ3) is 5.55. The molecule has 0 fully saturated rings. The largest absolute Gasteiger partial charge is 0.495 e. The summed E-state index contributed by atoms with van der Waals surface area (Å²) in [5, 5.41) is 2.50. The van der Waals surface area contributed by atoms with Gasteiger partial charge in [0.15, 0.2) is 0 Å². The summed E-state index contributed by atoms with van der Waals surface area (Å²) < 4.78 is 44.8. The predicted molar refractivity (Wildman–Crippen MR) is 118 cm³/mol. The fourth-order valence-corrected chi connectivity index (χ4v) is 3.80. The van der Waals surface area contributed by atoms with E-state index in [0.717, 1.165) is 32.9 Å². The first-order valence-corrected chi connectivity index (χ1v) is 10.3. The molecular weight excluding hydrogens is 457 g/mol. The lowest BCUT2D eigenvalue weighted by Crippen LogP contribution is -2.32. The molecule has 0 saturated carbocycles. The van der Waals surface area contributed by atoms with E-state index in [1.807, 2.05) is 0 Å². The van der Waals surface area contributed by atoms with Crippen molar-refractivity contribution < 1.29 is 27.5 Å². The molecule has 0 bridgehead atoms. The van der Waals surface area contributed by atoms with Crippen LogP contribution in [0.1, 0.15) is 16.1 Å². The van der Waals surface area contributed by atoms with Gasteiger partial charge in [0.25, 0.3) is 5.91 Å². The van der Waals surface area contributed by atoms with Crippen LogP contribution in [0, 0.1) is 0 Å². The average Bonchev–Trinajstić information content (AvgIpc) is 2.79. The van der Waals surface area contributed by atoms with Crippen molar-refractivity contribution in [3.63, 3.8) is 0 Å². The lowest BCUT2D eigenvalue weighted by molar-refractivity contribution is -0.137. The topological polar surface area (TPSA) is 97.6 Å². The summed E-state index contributed by atoms with van der Waals surface area (Å²) >= 11 is 1.34. The Morgan fingerprint density at radius 2 is 1.76 bits per heavy atom. The molecule has 2 aromatic carbocycles. The fraction of sp³-hybridized carbons (Fsp3) is 0.136. The minimum atomic E-state index is -4.61. The highest BCUT2D eigenvalue weighted by Gasteiger charge is 2.32. The lowest BCUT2D eigenvalue weighted by Gasteiger charge is -2.24. The van der Waals surface area contributed by atoms with Gasteiger partial charge in [0.2, 0.25) is 0 Å². The van der Waals surface area contributed by atoms with E-state index >= 15 is 0 Å². The Balaban J connectivity index is 1.93. The van der Waals surface area contributed by atoms with Gasteiger partial charge in [0.1, 0.15) is 11.4 Å². The van der Waals surface area contributed by atoms with Crippen molar-refractivity contribution in [1.29, 1.82) is 0 Å². The van der Waals surface area contributed by atoms with Crippen molar-refractivity contribution >= 4 is 35.1 Å². The predicted octanol–water partition coefficient (Wildman–Crippen LogP) is 4.84. The number of hydrogen-bond donors (Lipinski definition) is 2. The van der Waals surface area contributed by atoms with Gasteiger partial charge in [0, 0.05) is 23.0 Å². The fourth-order valence-electron chi connectivity index (χ4n) is 2.95. The number of primary amides is 1. The number of methoxy groups -OCH3 is 1. The van der Waals surface area contributed by atoms with Crippen molar-refractivity contribution in [1.82, 2.24) is 10.3 Å². The van der Waals surface area contributed by atoms with E-state index in [4.69, 9.17) is 10.5 Å². The Morgan fingerprint density at radius 1 is 1.06 bits per heavy atom. The number of urea groups is 1. The molecule has 0 aliphatic heterocycles. The van der Waals surface area contributed by atoms with Gasteiger partial charge in [0.05, 0.1) is 24.0 Å². The maximum Gasteiger partial charge on any atom is 0.416 e. The van der Waals surface area contributed by atoms with Gasteiger partial charge in [-0.15, -0.1) is 0 Å². The number of anilines is 2. The van der Waals surface area contributed by atoms with Gasteiger partial charge in [-0.25, -0.2) is 4.79 Å². The third-order valence-corrected chi connectivity index (χ3v) is 5.49. The summed E-state index contributed by atoms with van der Waals surface area (Å²) in [5.74, 6) is -0.265. The molecule has 1 aromatic heterocycles. The van der Waals surface area contributed by atoms with Crippen LogP contribution in [0.15, 0.2) is 70.6 Å². The highest BCUT2D eigenvalue weighted by molar-refractivity contribution is 7.99. The second kappa shape index (κ2) is 9.82. The summed E-state index contributed by atoms with van der Waals surface area (Å²) in [4.78, 5) is 30.4. The summed E-state index contributed by atoms with van der Waals surface area (Å²) in [6, 6.07) is 11.6. The van der Waals surface area contributed by atoms with Crippen LogP contribution >= 0.6 is 11.8 Å². The van der Waals surface area contributed by atoms with Crippen LogP contribution in [0.25, 0.3) is 0 Å². The number of amides is 3. The molecule has 0 spiro atoms.